The number of ether oxygens (including phenoxy) is 1. The molecule has 1 aliphatic rings. The minimum Gasteiger partial charge on any atom is -0.378 e. The van der Waals surface area contributed by atoms with Crippen molar-refractivity contribution in [1.29, 1.82) is 0 Å². The SMILES string of the molecule is O=C(NCc1nc2ccccc2[nH]1)c1cccc(-c2ccc(N3CCOCC3)nc2)n1. The van der Waals surface area contributed by atoms with Crippen molar-refractivity contribution in [2.75, 3.05) is 31.2 Å². The number of H-pyrrole nitrogens is 1. The first-order valence-electron chi connectivity index (χ1n) is 10.2. The van der Waals surface area contributed by atoms with Crippen molar-refractivity contribution >= 4 is 22.8 Å². The number of amides is 1. The highest BCUT2D eigenvalue weighted by Gasteiger charge is 2.14. The van der Waals surface area contributed by atoms with Gasteiger partial charge in [0.25, 0.3) is 5.91 Å². The third-order valence-corrected chi connectivity index (χ3v) is 5.22. The van der Waals surface area contributed by atoms with Gasteiger partial charge in [-0.15, -0.1) is 0 Å². The highest BCUT2D eigenvalue weighted by molar-refractivity contribution is 5.92. The second-order valence-corrected chi connectivity index (χ2v) is 7.30. The fraction of sp³-hybridized carbons (Fsp3) is 0.217. The van der Waals surface area contributed by atoms with Crippen LogP contribution in [0.4, 0.5) is 5.82 Å². The lowest BCUT2D eigenvalue weighted by atomic mass is 10.1. The Morgan fingerprint density at radius 3 is 2.71 bits per heavy atom. The Balaban J connectivity index is 1.27. The second-order valence-electron chi connectivity index (χ2n) is 7.30. The standard InChI is InChI=1S/C23H22N6O2/c30-23(25-15-21-27-18-4-1-2-5-19(18)28-21)20-7-3-6-17(26-20)16-8-9-22(24-14-16)29-10-12-31-13-11-29/h1-9,14H,10-13,15H2,(H,25,30)(H,27,28). The first kappa shape index (κ1) is 19.2. The molecule has 0 aliphatic carbocycles. The maximum Gasteiger partial charge on any atom is 0.270 e. The zero-order valence-corrected chi connectivity index (χ0v) is 16.9. The second kappa shape index (κ2) is 8.53. The summed E-state index contributed by atoms with van der Waals surface area (Å²) >= 11 is 0. The molecule has 8 heteroatoms. The number of benzene rings is 1. The summed E-state index contributed by atoms with van der Waals surface area (Å²) in [6, 6.07) is 17.1. The lowest BCUT2D eigenvalue weighted by Gasteiger charge is -2.27. The molecule has 0 saturated carbocycles. The van der Waals surface area contributed by atoms with Crippen LogP contribution < -0.4 is 10.2 Å². The molecular weight excluding hydrogens is 392 g/mol. The Labute approximate surface area is 179 Å². The Hall–Kier alpha value is -3.78. The zero-order valence-electron chi connectivity index (χ0n) is 16.9. The van der Waals surface area contributed by atoms with Crippen molar-refractivity contribution in [3.63, 3.8) is 0 Å². The van der Waals surface area contributed by atoms with E-state index >= 15 is 0 Å². The zero-order chi connectivity index (χ0) is 21.0. The number of fused-ring (bicyclic) bond motifs is 1. The van der Waals surface area contributed by atoms with Crippen molar-refractivity contribution in [2.45, 2.75) is 6.54 Å². The molecule has 8 nitrogen and oxygen atoms in total. The quantitative estimate of drug-likeness (QED) is 0.521. The van der Waals surface area contributed by atoms with E-state index in [2.05, 4.69) is 30.2 Å². The molecule has 1 aromatic carbocycles. The summed E-state index contributed by atoms with van der Waals surface area (Å²) in [6.07, 6.45) is 1.79. The van der Waals surface area contributed by atoms with E-state index in [-0.39, 0.29) is 5.91 Å². The summed E-state index contributed by atoms with van der Waals surface area (Å²) in [4.78, 5) is 31.6. The van der Waals surface area contributed by atoms with E-state index in [0.29, 0.717) is 23.8 Å². The molecule has 1 amide bonds. The number of aromatic amines is 1. The van der Waals surface area contributed by atoms with Gasteiger partial charge in [-0.25, -0.2) is 15.0 Å². The van der Waals surface area contributed by atoms with Gasteiger partial charge in [-0.3, -0.25) is 4.79 Å². The number of rotatable bonds is 5. The average Bonchev–Trinajstić information content (AvgIpc) is 3.26. The van der Waals surface area contributed by atoms with Crippen LogP contribution in [0.15, 0.2) is 60.8 Å². The Morgan fingerprint density at radius 2 is 1.90 bits per heavy atom. The molecule has 0 bridgehead atoms. The van der Waals surface area contributed by atoms with Gasteiger partial charge in [-0.05, 0) is 36.4 Å². The predicted molar refractivity (Wildman–Crippen MR) is 118 cm³/mol. The average molecular weight is 414 g/mol. The van der Waals surface area contributed by atoms with Crippen LogP contribution in [0.2, 0.25) is 0 Å². The summed E-state index contributed by atoms with van der Waals surface area (Å²) in [6.45, 7) is 3.42. The van der Waals surface area contributed by atoms with Crippen molar-refractivity contribution in [1.82, 2.24) is 25.3 Å². The lowest BCUT2D eigenvalue weighted by Crippen LogP contribution is -2.36. The van der Waals surface area contributed by atoms with Crippen molar-refractivity contribution < 1.29 is 9.53 Å². The smallest absolute Gasteiger partial charge is 0.270 e. The molecule has 156 valence electrons. The third-order valence-electron chi connectivity index (χ3n) is 5.22. The number of imidazole rings is 1. The van der Waals surface area contributed by atoms with Gasteiger partial charge in [0.1, 0.15) is 17.3 Å². The monoisotopic (exact) mass is 414 g/mol. The molecule has 2 N–H and O–H groups in total. The summed E-state index contributed by atoms with van der Waals surface area (Å²) in [7, 11) is 0. The highest BCUT2D eigenvalue weighted by Crippen LogP contribution is 2.20. The van der Waals surface area contributed by atoms with E-state index in [0.717, 1.165) is 48.7 Å². The first-order chi connectivity index (χ1) is 15.3. The van der Waals surface area contributed by atoms with Crippen molar-refractivity contribution in [3.8, 4) is 11.3 Å². The van der Waals surface area contributed by atoms with Gasteiger partial charge in [0, 0.05) is 24.8 Å². The van der Waals surface area contributed by atoms with Crippen LogP contribution in [-0.4, -0.2) is 52.1 Å². The molecule has 1 fully saturated rings. The number of nitrogens with zero attached hydrogens (tertiary/aromatic N) is 4. The van der Waals surface area contributed by atoms with E-state index in [1.165, 1.54) is 0 Å². The number of para-hydroxylation sites is 2. The molecule has 1 saturated heterocycles. The number of anilines is 1. The van der Waals surface area contributed by atoms with Crippen LogP contribution in [0.3, 0.4) is 0 Å². The molecule has 31 heavy (non-hydrogen) atoms. The van der Waals surface area contributed by atoms with E-state index in [1.807, 2.05) is 48.5 Å². The number of pyridine rings is 2. The molecular formula is C23H22N6O2. The van der Waals surface area contributed by atoms with E-state index in [4.69, 9.17) is 4.74 Å². The fourth-order valence-corrected chi connectivity index (χ4v) is 3.58. The van der Waals surface area contributed by atoms with Crippen molar-refractivity contribution in [3.05, 3.63) is 72.3 Å². The molecule has 0 unspecified atom stereocenters. The van der Waals surface area contributed by atoms with Crippen LogP contribution in [0.5, 0.6) is 0 Å². The van der Waals surface area contributed by atoms with Gasteiger partial charge in [0.05, 0.1) is 36.5 Å². The van der Waals surface area contributed by atoms with E-state index in [9.17, 15) is 4.79 Å². The van der Waals surface area contributed by atoms with Gasteiger partial charge >= 0.3 is 0 Å². The molecule has 0 radical (unpaired) electrons. The number of morpholine rings is 1. The molecule has 3 aromatic heterocycles. The largest absolute Gasteiger partial charge is 0.378 e. The lowest BCUT2D eigenvalue weighted by molar-refractivity contribution is 0.0945. The first-order valence-corrected chi connectivity index (χ1v) is 10.2. The number of carbonyl (C=O) groups excluding carboxylic acids is 1. The number of hydrogen-bond donors (Lipinski definition) is 2. The molecule has 4 aromatic rings. The summed E-state index contributed by atoms with van der Waals surface area (Å²) in [5, 5.41) is 2.88. The maximum atomic E-state index is 12.6. The van der Waals surface area contributed by atoms with Crippen LogP contribution in [-0.2, 0) is 11.3 Å². The van der Waals surface area contributed by atoms with Crippen LogP contribution in [0, 0.1) is 0 Å². The van der Waals surface area contributed by atoms with Crippen LogP contribution in [0.1, 0.15) is 16.3 Å². The maximum absolute atomic E-state index is 12.6. The number of aromatic nitrogens is 4. The van der Waals surface area contributed by atoms with Crippen LogP contribution >= 0.6 is 0 Å². The van der Waals surface area contributed by atoms with Gasteiger partial charge in [0.15, 0.2) is 0 Å². The van der Waals surface area contributed by atoms with Gasteiger partial charge in [0.2, 0.25) is 0 Å². The van der Waals surface area contributed by atoms with Gasteiger partial charge in [-0.1, -0.05) is 18.2 Å². The number of carbonyl (C=O) groups is 1. The molecule has 4 heterocycles. The van der Waals surface area contributed by atoms with Crippen LogP contribution in [0.25, 0.3) is 22.3 Å². The predicted octanol–water partition coefficient (Wildman–Crippen LogP) is 2.79. The minimum absolute atomic E-state index is 0.250. The third kappa shape index (κ3) is 4.24. The summed E-state index contributed by atoms with van der Waals surface area (Å²) in [5.41, 5.74) is 3.74. The summed E-state index contributed by atoms with van der Waals surface area (Å²) < 4.78 is 5.39. The summed E-state index contributed by atoms with van der Waals surface area (Å²) in [5.74, 6) is 1.38. The minimum atomic E-state index is -0.250. The number of hydrogen-bond acceptors (Lipinski definition) is 6. The molecule has 0 atom stereocenters. The molecule has 0 spiro atoms. The highest BCUT2D eigenvalue weighted by atomic mass is 16.5. The Morgan fingerprint density at radius 1 is 1.03 bits per heavy atom. The van der Waals surface area contributed by atoms with E-state index in [1.54, 1.807) is 12.3 Å². The molecule has 1 aliphatic heterocycles. The number of nitrogens with one attached hydrogen (secondary N) is 2. The fourth-order valence-electron chi connectivity index (χ4n) is 3.58. The normalized spacial score (nSPS) is 14.0. The Kier molecular flexibility index (Phi) is 5.28. The topological polar surface area (TPSA) is 96.0 Å². The van der Waals surface area contributed by atoms with Gasteiger partial charge in [-0.2, -0.15) is 0 Å². The Bertz CT molecular complexity index is 1170. The van der Waals surface area contributed by atoms with Gasteiger partial charge < -0.3 is 19.9 Å². The van der Waals surface area contributed by atoms with Crippen molar-refractivity contribution in [2.24, 2.45) is 0 Å². The molecule has 5 rings (SSSR count). The van der Waals surface area contributed by atoms with E-state index < -0.39 is 0 Å².